The molecule has 1 saturated heterocycles. The highest BCUT2D eigenvalue weighted by molar-refractivity contribution is 5.92. The minimum absolute atomic E-state index is 0.0769. The van der Waals surface area contributed by atoms with Gasteiger partial charge >= 0.3 is 11.9 Å². The highest BCUT2D eigenvalue weighted by Gasteiger charge is 2.57. The molecule has 1 aliphatic heterocycles. The Morgan fingerprint density at radius 3 is 2.44 bits per heavy atom. The van der Waals surface area contributed by atoms with Gasteiger partial charge in [-0.3, -0.25) is 0 Å². The van der Waals surface area contributed by atoms with Gasteiger partial charge in [-0.05, 0) is 6.42 Å². The van der Waals surface area contributed by atoms with Crippen LogP contribution in [0.3, 0.4) is 0 Å². The monoisotopic (exact) mass is 346 g/mol. The molecular formula is C19H22O6. The molecule has 3 rings (SSSR count). The predicted molar refractivity (Wildman–Crippen MR) is 89.1 cm³/mol. The fraction of sp³-hybridized carbons (Fsp3) is 0.474. The van der Waals surface area contributed by atoms with E-state index in [-0.39, 0.29) is 29.4 Å². The number of esters is 2. The van der Waals surface area contributed by atoms with E-state index < -0.39 is 42.8 Å². The van der Waals surface area contributed by atoms with Gasteiger partial charge in [0.25, 0.3) is 0 Å². The molecule has 2 N–H and O–H groups in total. The molecule has 25 heavy (non-hydrogen) atoms. The molecular weight excluding hydrogens is 324 g/mol. The Hall–Kier alpha value is -2.18. The molecule has 134 valence electrons. The van der Waals surface area contributed by atoms with Crippen LogP contribution in [0.1, 0.15) is 12.8 Å². The van der Waals surface area contributed by atoms with Crippen LogP contribution in [0.4, 0.5) is 0 Å². The molecule has 0 bridgehead atoms. The summed E-state index contributed by atoms with van der Waals surface area (Å²) in [6.45, 7) is 14.8. The van der Waals surface area contributed by atoms with Gasteiger partial charge in [0.2, 0.25) is 0 Å². The normalized spacial score (nSPS) is 37.2. The largest absolute Gasteiger partial charge is 0.458 e. The van der Waals surface area contributed by atoms with Gasteiger partial charge < -0.3 is 19.7 Å². The molecule has 2 saturated carbocycles. The Morgan fingerprint density at radius 2 is 1.80 bits per heavy atom. The summed E-state index contributed by atoms with van der Waals surface area (Å²) in [5.74, 6) is -2.39. The first-order valence-corrected chi connectivity index (χ1v) is 8.19. The topological polar surface area (TPSA) is 93.1 Å². The summed E-state index contributed by atoms with van der Waals surface area (Å²) in [7, 11) is 0. The number of carbonyl (C=O) groups excluding carboxylic acids is 2. The number of hydrogen-bond acceptors (Lipinski definition) is 6. The van der Waals surface area contributed by atoms with Crippen molar-refractivity contribution in [2.45, 2.75) is 31.2 Å². The molecule has 0 aromatic heterocycles. The summed E-state index contributed by atoms with van der Waals surface area (Å²) < 4.78 is 11.0. The first-order valence-electron chi connectivity index (χ1n) is 8.19. The molecule has 0 unspecified atom stereocenters. The van der Waals surface area contributed by atoms with Crippen LogP contribution in [0.2, 0.25) is 0 Å². The average Bonchev–Trinajstić information content (AvgIpc) is 2.96. The lowest BCUT2D eigenvalue weighted by molar-refractivity contribution is -0.148. The molecule has 2 aliphatic carbocycles. The molecule has 6 nitrogen and oxygen atoms in total. The number of fused-ring (bicyclic) bond motifs is 3. The molecule has 0 aromatic rings. The molecule has 0 aromatic carbocycles. The van der Waals surface area contributed by atoms with Gasteiger partial charge in [0, 0.05) is 23.8 Å². The standard InChI is InChI=1S/C19H22O6/c1-8-5-12(21)14-9(2)6-13(24-18(22)10(3)7-20)16-11(4)19(23)25-17(16)15(8)14/h12-17,20-21H,1-7H2/t12-,13+,14+,15-,16-,17-/m1/s1. The van der Waals surface area contributed by atoms with Crippen LogP contribution in [-0.2, 0) is 19.1 Å². The van der Waals surface area contributed by atoms with Gasteiger partial charge in [-0.25, -0.2) is 9.59 Å². The van der Waals surface area contributed by atoms with Crippen molar-refractivity contribution < 1.29 is 29.3 Å². The van der Waals surface area contributed by atoms with E-state index in [0.29, 0.717) is 6.42 Å². The van der Waals surface area contributed by atoms with Gasteiger partial charge in [-0.2, -0.15) is 0 Å². The summed E-state index contributed by atoms with van der Waals surface area (Å²) in [6, 6.07) is 0. The highest BCUT2D eigenvalue weighted by atomic mass is 16.6. The second-order valence-corrected chi connectivity index (χ2v) is 6.97. The fourth-order valence-corrected chi connectivity index (χ4v) is 4.25. The first-order chi connectivity index (χ1) is 11.8. The maximum Gasteiger partial charge on any atom is 0.336 e. The van der Waals surface area contributed by atoms with Crippen LogP contribution >= 0.6 is 0 Å². The SMILES string of the molecule is C=C(CO)C(=O)O[C@H]1CC(=C)[C@@H]2[C@@H](C(=C)C[C@H]2O)[C@H]2OC(=O)C(=C)[C@@H]21. The van der Waals surface area contributed by atoms with E-state index in [4.69, 9.17) is 14.6 Å². The van der Waals surface area contributed by atoms with E-state index in [1.54, 1.807) is 0 Å². The third-order valence-corrected chi connectivity index (χ3v) is 5.43. The highest BCUT2D eigenvalue weighted by Crippen LogP contribution is 2.52. The molecule has 3 fully saturated rings. The lowest BCUT2D eigenvalue weighted by Gasteiger charge is -2.28. The van der Waals surface area contributed by atoms with E-state index in [9.17, 15) is 14.7 Å². The number of aliphatic hydroxyl groups excluding tert-OH is 2. The van der Waals surface area contributed by atoms with Gasteiger partial charge in [-0.1, -0.05) is 37.5 Å². The molecule has 6 heteroatoms. The fourth-order valence-electron chi connectivity index (χ4n) is 4.25. The van der Waals surface area contributed by atoms with Crippen molar-refractivity contribution in [2.24, 2.45) is 17.8 Å². The Bertz CT molecular complexity index is 690. The number of aliphatic hydroxyl groups is 2. The predicted octanol–water partition coefficient (Wildman–Crippen LogP) is 1.06. The van der Waals surface area contributed by atoms with Crippen molar-refractivity contribution in [3.8, 4) is 0 Å². The molecule has 0 amide bonds. The maximum absolute atomic E-state index is 12.1. The third kappa shape index (κ3) is 2.75. The van der Waals surface area contributed by atoms with E-state index in [1.807, 2.05) is 0 Å². The van der Waals surface area contributed by atoms with Crippen LogP contribution in [0.5, 0.6) is 0 Å². The number of rotatable bonds is 3. The Morgan fingerprint density at radius 1 is 1.16 bits per heavy atom. The number of ether oxygens (including phenoxy) is 2. The molecule has 6 atom stereocenters. The summed E-state index contributed by atoms with van der Waals surface area (Å²) >= 11 is 0. The van der Waals surface area contributed by atoms with Gasteiger partial charge in [0.15, 0.2) is 0 Å². The molecule has 3 aliphatic rings. The van der Waals surface area contributed by atoms with Crippen molar-refractivity contribution >= 4 is 11.9 Å². The molecule has 0 radical (unpaired) electrons. The molecule has 1 heterocycles. The molecule has 0 spiro atoms. The zero-order valence-electron chi connectivity index (χ0n) is 13.9. The zero-order valence-corrected chi connectivity index (χ0v) is 13.9. The smallest absolute Gasteiger partial charge is 0.336 e. The number of hydrogen-bond donors (Lipinski definition) is 2. The lowest BCUT2D eigenvalue weighted by Crippen LogP contribution is -2.36. The van der Waals surface area contributed by atoms with Crippen LogP contribution in [0.25, 0.3) is 0 Å². The van der Waals surface area contributed by atoms with E-state index >= 15 is 0 Å². The minimum Gasteiger partial charge on any atom is -0.458 e. The van der Waals surface area contributed by atoms with Crippen molar-refractivity contribution in [3.63, 3.8) is 0 Å². The number of carbonyl (C=O) groups is 2. The van der Waals surface area contributed by atoms with Crippen molar-refractivity contribution in [2.75, 3.05) is 6.61 Å². The summed E-state index contributed by atoms with van der Waals surface area (Å²) in [4.78, 5) is 24.2. The quantitative estimate of drug-likeness (QED) is 0.451. The van der Waals surface area contributed by atoms with Gasteiger partial charge in [0.05, 0.1) is 24.2 Å². The average molecular weight is 346 g/mol. The van der Waals surface area contributed by atoms with Crippen LogP contribution in [0.15, 0.2) is 48.6 Å². The van der Waals surface area contributed by atoms with Crippen molar-refractivity contribution in [3.05, 3.63) is 48.6 Å². The van der Waals surface area contributed by atoms with E-state index in [0.717, 1.165) is 11.1 Å². The summed E-state index contributed by atoms with van der Waals surface area (Å²) in [5.41, 5.74) is 1.68. The van der Waals surface area contributed by atoms with E-state index in [1.165, 1.54) is 0 Å². The third-order valence-electron chi connectivity index (χ3n) is 5.43. The zero-order chi connectivity index (χ0) is 18.5. The van der Waals surface area contributed by atoms with Gasteiger partial charge in [-0.15, -0.1) is 0 Å². The Kier molecular flexibility index (Phi) is 4.43. The van der Waals surface area contributed by atoms with Gasteiger partial charge in [0.1, 0.15) is 12.2 Å². The van der Waals surface area contributed by atoms with Crippen molar-refractivity contribution in [1.29, 1.82) is 0 Å². The van der Waals surface area contributed by atoms with Crippen LogP contribution < -0.4 is 0 Å². The summed E-state index contributed by atoms with van der Waals surface area (Å²) in [5, 5.41) is 19.5. The summed E-state index contributed by atoms with van der Waals surface area (Å²) in [6.07, 6.45) is -1.29. The lowest BCUT2D eigenvalue weighted by atomic mass is 9.81. The van der Waals surface area contributed by atoms with Crippen molar-refractivity contribution in [1.82, 2.24) is 0 Å². The maximum atomic E-state index is 12.1. The van der Waals surface area contributed by atoms with Crippen LogP contribution in [0, 0.1) is 17.8 Å². The second-order valence-electron chi connectivity index (χ2n) is 6.97. The Balaban J connectivity index is 1.98. The minimum atomic E-state index is -0.738. The van der Waals surface area contributed by atoms with E-state index in [2.05, 4.69) is 26.3 Å². The first kappa shape index (κ1) is 17.6. The van der Waals surface area contributed by atoms with Crippen LogP contribution in [-0.4, -0.2) is 47.1 Å². The second kappa shape index (κ2) is 6.28. The Labute approximate surface area is 146 Å².